The third kappa shape index (κ3) is 4.53. The summed E-state index contributed by atoms with van der Waals surface area (Å²) in [5.41, 5.74) is 1.99. The van der Waals surface area contributed by atoms with Crippen molar-refractivity contribution >= 4 is 17.3 Å². The van der Waals surface area contributed by atoms with Crippen molar-refractivity contribution in [3.63, 3.8) is 0 Å². The molecule has 2 aliphatic rings. The molecule has 5 heteroatoms. The molecule has 2 heterocycles. The fourth-order valence-electron chi connectivity index (χ4n) is 3.89. The Balaban J connectivity index is 1.65. The summed E-state index contributed by atoms with van der Waals surface area (Å²) in [6, 6.07) is 8.06. The summed E-state index contributed by atoms with van der Waals surface area (Å²) in [4.78, 5) is 15.1. The predicted octanol–water partition coefficient (Wildman–Crippen LogP) is 2.90. The predicted molar refractivity (Wildman–Crippen MR) is 99.8 cm³/mol. The van der Waals surface area contributed by atoms with Crippen molar-refractivity contribution in [1.29, 1.82) is 0 Å². The van der Waals surface area contributed by atoms with Gasteiger partial charge in [0.25, 0.3) is 0 Å². The highest BCUT2D eigenvalue weighted by molar-refractivity contribution is 5.95. The van der Waals surface area contributed by atoms with Gasteiger partial charge in [0.15, 0.2) is 0 Å². The van der Waals surface area contributed by atoms with Crippen molar-refractivity contribution in [2.75, 3.05) is 43.1 Å². The minimum Gasteiger partial charge on any atom is -0.396 e. The SMILES string of the molecule is CC(C(=O)Nc1ccccc1N1CCC(CO)CC1)C1CCOCC1. The van der Waals surface area contributed by atoms with Gasteiger partial charge in [-0.1, -0.05) is 19.1 Å². The molecule has 0 bridgehead atoms. The number of piperidine rings is 1. The Hall–Kier alpha value is -1.59. The van der Waals surface area contributed by atoms with E-state index in [0.717, 1.165) is 63.4 Å². The molecule has 1 unspecified atom stereocenters. The van der Waals surface area contributed by atoms with Gasteiger partial charge in [0, 0.05) is 38.8 Å². The average molecular weight is 346 g/mol. The molecule has 0 spiro atoms. The maximum absolute atomic E-state index is 12.7. The number of amides is 1. The van der Waals surface area contributed by atoms with Crippen molar-refractivity contribution in [2.24, 2.45) is 17.8 Å². The Morgan fingerprint density at radius 3 is 2.60 bits per heavy atom. The van der Waals surface area contributed by atoms with Gasteiger partial charge in [-0.15, -0.1) is 0 Å². The Morgan fingerprint density at radius 1 is 1.24 bits per heavy atom. The second-order valence-corrected chi connectivity index (χ2v) is 7.36. The normalized spacial score (nSPS) is 21.1. The van der Waals surface area contributed by atoms with E-state index in [1.54, 1.807) is 0 Å². The summed E-state index contributed by atoms with van der Waals surface area (Å²) in [5, 5.41) is 12.5. The van der Waals surface area contributed by atoms with E-state index in [1.165, 1.54) is 0 Å². The number of nitrogens with zero attached hydrogens (tertiary/aromatic N) is 1. The molecule has 2 saturated heterocycles. The zero-order valence-electron chi connectivity index (χ0n) is 15.1. The summed E-state index contributed by atoms with van der Waals surface area (Å²) >= 11 is 0. The number of rotatable bonds is 5. The number of aliphatic hydroxyl groups excluding tert-OH is 1. The maximum atomic E-state index is 12.7. The third-order valence-corrected chi connectivity index (χ3v) is 5.76. The number of carbonyl (C=O) groups is 1. The highest BCUT2D eigenvalue weighted by Crippen LogP contribution is 2.31. The van der Waals surface area contributed by atoms with Crippen LogP contribution in [0, 0.1) is 17.8 Å². The van der Waals surface area contributed by atoms with Crippen LogP contribution in [0.3, 0.4) is 0 Å². The molecule has 1 aromatic rings. The highest BCUT2D eigenvalue weighted by atomic mass is 16.5. The van der Waals surface area contributed by atoms with Gasteiger partial charge >= 0.3 is 0 Å². The lowest BCUT2D eigenvalue weighted by Crippen LogP contribution is -2.36. The molecule has 25 heavy (non-hydrogen) atoms. The number of aliphatic hydroxyl groups is 1. The summed E-state index contributed by atoms with van der Waals surface area (Å²) in [6.45, 7) is 5.67. The quantitative estimate of drug-likeness (QED) is 0.861. The molecule has 2 aliphatic heterocycles. The maximum Gasteiger partial charge on any atom is 0.227 e. The summed E-state index contributed by atoms with van der Waals surface area (Å²) in [6.07, 6.45) is 3.92. The molecule has 1 amide bonds. The number of ether oxygens (including phenoxy) is 1. The molecule has 0 aromatic heterocycles. The van der Waals surface area contributed by atoms with Gasteiger partial charge in [-0.25, -0.2) is 0 Å². The van der Waals surface area contributed by atoms with E-state index in [9.17, 15) is 9.90 Å². The van der Waals surface area contributed by atoms with Gasteiger partial charge in [-0.05, 0) is 49.7 Å². The number of hydrogen-bond donors (Lipinski definition) is 2. The molecule has 138 valence electrons. The monoisotopic (exact) mass is 346 g/mol. The van der Waals surface area contributed by atoms with Crippen LogP contribution in [0.25, 0.3) is 0 Å². The summed E-state index contributed by atoms with van der Waals surface area (Å²) in [7, 11) is 0. The lowest BCUT2D eigenvalue weighted by Gasteiger charge is -2.34. The molecule has 0 radical (unpaired) electrons. The number of nitrogens with one attached hydrogen (secondary N) is 1. The van der Waals surface area contributed by atoms with Gasteiger partial charge in [-0.3, -0.25) is 4.79 Å². The van der Waals surface area contributed by atoms with E-state index in [2.05, 4.69) is 16.3 Å². The number of carbonyl (C=O) groups excluding carboxylic acids is 1. The van der Waals surface area contributed by atoms with E-state index in [4.69, 9.17) is 4.74 Å². The van der Waals surface area contributed by atoms with Gasteiger partial charge in [0.05, 0.1) is 11.4 Å². The van der Waals surface area contributed by atoms with Crippen LogP contribution in [-0.2, 0) is 9.53 Å². The zero-order valence-corrected chi connectivity index (χ0v) is 15.1. The van der Waals surface area contributed by atoms with E-state index in [0.29, 0.717) is 11.8 Å². The van der Waals surface area contributed by atoms with Crippen LogP contribution < -0.4 is 10.2 Å². The van der Waals surface area contributed by atoms with Gasteiger partial charge in [0.2, 0.25) is 5.91 Å². The van der Waals surface area contributed by atoms with E-state index in [1.807, 2.05) is 25.1 Å². The standard InChI is InChI=1S/C20H30N2O3/c1-15(17-8-12-25-13-9-17)20(24)21-18-4-2-3-5-19(18)22-10-6-16(14-23)7-11-22/h2-5,15-17,23H,6-14H2,1H3,(H,21,24). The van der Waals surface area contributed by atoms with E-state index in [-0.39, 0.29) is 18.4 Å². The fourth-order valence-corrected chi connectivity index (χ4v) is 3.89. The average Bonchev–Trinajstić information content (AvgIpc) is 2.68. The van der Waals surface area contributed by atoms with Crippen LogP contribution in [0.1, 0.15) is 32.6 Å². The topological polar surface area (TPSA) is 61.8 Å². The van der Waals surface area contributed by atoms with Crippen molar-refractivity contribution in [2.45, 2.75) is 32.6 Å². The summed E-state index contributed by atoms with van der Waals surface area (Å²) < 4.78 is 5.41. The van der Waals surface area contributed by atoms with Crippen LogP contribution in [0.2, 0.25) is 0 Å². The second kappa shape index (κ2) is 8.68. The highest BCUT2D eigenvalue weighted by Gasteiger charge is 2.27. The fraction of sp³-hybridized carbons (Fsp3) is 0.650. The Labute approximate surface area is 150 Å². The molecule has 1 atom stereocenters. The Morgan fingerprint density at radius 2 is 1.92 bits per heavy atom. The van der Waals surface area contributed by atoms with E-state index >= 15 is 0 Å². The van der Waals surface area contributed by atoms with Crippen molar-refractivity contribution in [3.05, 3.63) is 24.3 Å². The minimum atomic E-state index is -0.00270. The molecule has 5 nitrogen and oxygen atoms in total. The molecule has 0 aliphatic carbocycles. The Bertz CT molecular complexity index is 564. The van der Waals surface area contributed by atoms with Crippen molar-refractivity contribution in [3.8, 4) is 0 Å². The van der Waals surface area contributed by atoms with Gasteiger partial charge in [-0.2, -0.15) is 0 Å². The van der Waals surface area contributed by atoms with Crippen LogP contribution >= 0.6 is 0 Å². The van der Waals surface area contributed by atoms with Crippen LogP contribution in [0.4, 0.5) is 11.4 Å². The minimum absolute atomic E-state index is 0.00270. The van der Waals surface area contributed by atoms with Gasteiger partial charge in [0.1, 0.15) is 0 Å². The molecule has 2 N–H and O–H groups in total. The molecular formula is C20H30N2O3. The molecule has 0 saturated carbocycles. The molecular weight excluding hydrogens is 316 g/mol. The van der Waals surface area contributed by atoms with Gasteiger partial charge < -0.3 is 20.1 Å². The zero-order chi connectivity index (χ0) is 17.6. The summed E-state index contributed by atoms with van der Waals surface area (Å²) in [5.74, 6) is 0.912. The lowest BCUT2D eigenvalue weighted by molar-refractivity contribution is -0.122. The number of anilines is 2. The number of benzene rings is 1. The van der Waals surface area contributed by atoms with Crippen LogP contribution in [0.5, 0.6) is 0 Å². The number of hydrogen-bond acceptors (Lipinski definition) is 4. The first-order valence-corrected chi connectivity index (χ1v) is 9.52. The first kappa shape index (κ1) is 18.2. The van der Waals surface area contributed by atoms with Crippen LogP contribution in [-0.4, -0.2) is 43.9 Å². The smallest absolute Gasteiger partial charge is 0.227 e. The van der Waals surface area contributed by atoms with Crippen molar-refractivity contribution < 1.29 is 14.6 Å². The largest absolute Gasteiger partial charge is 0.396 e. The Kier molecular flexibility index (Phi) is 6.32. The molecule has 1 aromatic carbocycles. The first-order chi connectivity index (χ1) is 12.2. The molecule has 2 fully saturated rings. The van der Waals surface area contributed by atoms with Crippen LogP contribution in [0.15, 0.2) is 24.3 Å². The number of para-hydroxylation sites is 2. The lowest BCUT2D eigenvalue weighted by atomic mass is 9.86. The third-order valence-electron chi connectivity index (χ3n) is 5.76. The second-order valence-electron chi connectivity index (χ2n) is 7.36. The molecule has 3 rings (SSSR count). The van der Waals surface area contributed by atoms with Crippen molar-refractivity contribution in [1.82, 2.24) is 0 Å². The van der Waals surface area contributed by atoms with E-state index < -0.39 is 0 Å². The first-order valence-electron chi connectivity index (χ1n) is 9.52.